The van der Waals surface area contributed by atoms with Crippen molar-refractivity contribution in [2.24, 2.45) is 0 Å². The molecule has 0 saturated carbocycles. The average Bonchev–Trinajstić information content (AvgIpc) is 2.95. The van der Waals surface area contributed by atoms with Gasteiger partial charge in [-0.2, -0.15) is 0 Å². The largest absolute Gasteiger partial charge is 0.334 e. The zero-order chi connectivity index (χ0) is 19.4. The highest BCUT2D eigenvalue weighted by Crippen LogP contribution is 2.16. The third kappa shape index (κ3) is 5.45. The number of rotatable bonds is 4. The van der Waals surface area contributed by atoms with Crippen LogP contribution in [0.2, 0.25) is 5.02 Å². The fraction of sp³-hybridized carbons (Fsp3) is 0.222. The molecule has 0 aromatic heterocycles. The van der Waals surface area contributed by atoms with Gasteiger partial charge in [0, 0.05) is 28.0 Å². The Bertz CT molecular complexity index is 944. The minimum Gasteiger partial charge on any atom is -0.334 e. The molecule has 1 unspecified atom stereocenters. The average molecular weight is 408 g/mol. The summed E-state index contributed by atoms with van der Waals surface area (Å²) in [4.78, 5) is 24.1. The van der Waals surface area contributed by atoms with Crippen molar-refractivity contribution in [2.45, 2.75) is 12.5 Å². The second-order valence-electron chi connectivity index (χ2n) is 6.24. The Labute approximate surface area is 162 Å². The Kier molecular flexibility index (Phi) is 5.67. The van der Waals surface area contributed by atoms with Crippen molar-refractivity contribution >= 4 is 44.8 Å². The lowest BCUT2D eigenvalue weighted by atomic mass is 10.2. The Morgan fingerprint density at radius 1 is 0.926 bits per heavy atom. The molecule has 3 rings (SSSR count). The van der Waals surface area contributed by atoms with Gasteiger partial charge >= 0.3 is 6.03 Å². The summed E-state index contributed by atoms with van der Waals surface area (Å²) in [5, 5.41) is 8.59. The van der Waals surface area contributed by atoms with Gasteiger partial charge in [-0.3, -0.25) is 4.79 Å². The first-order chi connectivity index (χ1) is 12.8. The predicted octanol–water partition coefficient (Wildman–Crippen LogP) is 2.90. The van der Waals surface area contributed by atoms with Gasteiger partial charge in [-0.05, 0) is 55.0 Å². The second-order valence-corrected chi connectivity index (χ2v) is 8.90. The summed E-state index contributed by atoms with van der Waals surface area (Å²) >= 11 is 5.80. The number of hydrogen-bond donors (Lipinski definition) is 3. The number of carbonyl (C=O) groups is 2. The van der Waals surface area contributed by atoms with Crippen LogP contribution in [0, 0.1) is 0 Å². The Hall–Kier alpha value is -2.58. The summed E-state index contributed by atoms with van der Waals surface area (Å²) in [6.45, 7) is 0. The van der Waals surface area contributed by atoms with Gasteiger partial charge in [0.2, 0.25) is 0 Å². The van der Waals surface area contributed by atoms with Crippen LogP contribution >= 0.6 is 11.6 Å². The third-order valence-corrected chi connectivity index (χ3v) is 6.09. The van der Waals surface area contributed by atoms with E-state index in [-0.39, 0.29) is 23.5 Å². The molecule has 27 heavy (non-hydrogen) atoms. The highest BCUT2D eigenvalue weighted by atomic mass is 35.5. The van der Waals surface area contributed by atoms with E-state index < -0.39 is 15.9 Å². The maximum Gasteiger partial charge on any atom is 0.319 e. The van der Waals surface area contributed by atoms with Crippen molar-refractivity contribution in [3.63, 3.8) is 0 Å². The number of nitrogens with one attached hydrogen (secondary N) is 3. The summed E-state index contributed by atoms with van der Waals surface area (Å²) in [6.07, 6.45) is 0.422. The minimum absolute atomic E-state index is 0.0317. The standard InChI is InChI=1S/C18H18ClN3O4S/c19-13-3-1-12(2-4-13)17(23)20-14-5-7-15(8-6-14)21-18(24)22-16-9-10-27(25,26)11-16/h1-8,16H,9-11H2,(H,20,23)(H2,21,22,24). The molecule has 1 aliphatic rings. The molecule has 1 aliphatic heterocycles. The topological polar surface area (TPSA) is 104 Å². The molecule has 1 heterocycles. The van der Waals surface area contributed by atoms with Crippen molar-refractivity contribution in [2.75, 3.05) is 22.1 Å². The molecule has 1 saturated heterocycles. The maximum absolute atomic E-state index is 12.2. The SMILES string of the molecule is O=C(Nc1ccc(NC(=O)c2ccc(Cl)cc2)cc1)NC1CCS(=O)(=O)C1. The van der Waals surface area contributed by atoms with Crippen molar-refractivity contribution in [1.29, 1.82) is 0 Å². The van der Waals surface area contributed by atoms with Crippen LogP contribution in [-0.2, 0) is 9.84 Å². The lowest BCUT2D eigenvalue weighted by Gasteiger charge is -2.12. The molecule has 9 heteroatoms. The summed E-state index contributed by atoms with van der Waals surface area (Å²) in [5.74, 6) is -0.205. The number of sulfone groups is 1. The highest BCUT2D eigenvalue weighted by molar-refractivity contribution is 7.91. The van der Waals surface area contributed by atoms with Crippen molar-refractivity contribution in [1.82, 2.24) is 5.32 Å². The van der Waals surface area contributed by atoms with Gasteiger partial charge in [0.25, 0.3) is 5.91 Å². The van der Waals surface area contributed by atoms with E-state index in [4.69, 9.17) is 11.6 Å². The first-order valence-electron chi connectivity index (χ1n) is 8.26. The van der Waals surface area contributed by atoms with Crippen LogP contribution in [0.25, 0.3) is 0 Å². The molecule has 7 nitrogen and oxygen atoms in total. The Morgan fingerprint density at radius 2 is 1.52 bits per heavy atom. The lowest BCUT2D eigenvalue weighted by Crippen LogP contribution is -2.38. The van der Waals surface area contributed by atoms with E-state index in [2.05, 4.69) is 16.0 Å². The van der Waals surface area contributed by atoms with Crippen LogP contribution in [0.5, 0.6) is 0 Å². The monoisotopic (exact) mass is 407 g/mol. The minimum atomic E-state index is -3.05. The van der Waals surface area contributed by atoms with Gasteiger partial charge < -0.3 is 16.0 Å². The highest BCUT2D eigenvalue weighted by Gasteiger charge is 2.28. The number of carbonyl (C=O) groups excluding carboxylic acids is 2. The smallest absolute Gasteiger partial charge is 0.319 e. The molecule has 1 fully saturated rings. The normalized spacial score (nSPS) is 17.9. The molecule has 2 aromatic carbocycles. The quantitative estimate of drug-likeness (QED) is 0.724. The predicted molar refractivity (Wildman–Crippen MR) is 105 cm³/mol. The molecule has 142 valence electrons. The summed E-state index contributed by atoms with van der Waals surface area (Å²) in [5.41, 5.74) is 1.58. The number of amides is 3. The van der Waals surface area contributed by atoms with Gasteiger partial charge in [0.05, 0.1) is 11.5 Å². The Balaban J connectivity index is 1.53. The van der Waals surface area contributed by atoms with E-state index in [9.17, 15) is 18.0 Å². The third-order valence-electron chi connectivity index (χ3n) is 4.07. The van der Waals surface area contributed by atoms with Crippen LogP contribution in [0.1, 0.15) is 16.8 Å². The fourth-order valence-corrected chi connectivity index (χ4v) is 4.50. The number of anilines is 2. The molecule has 3 amide bonds. The summed E-state index contributed by atoms with van der Waals surface area (Å²) in [6, 6.07) is 12.3. The molecular formula is C18H18ClN3O4S. The number of hydrogen-bond acceptors (Lipinski definition) is 4. The van der Waals surface area contributed by atoms with Crippen molar-refractivity contribution in [3.8, 4) is 0 Å². The van der Waals surface area contributed by atoms with Crippen LogP contribution < -0.4 is 16.0 Å². The van der Waals surface area contributed by atoms with Crippen molar-refractivity contribution < 1.29 is 18.0 Å². The van der Waals surface area contributed by atoms with Gasteiger partial charge in [0.15, 0.2) is 9.84 Å². The molecule has 1 atom stereocenters. The maximum atomic E-state index is 12.2. The van der Waals surface area contributed by atoms with Crippen LogP contribution in [-0.4, -0.2) is 37.9 Å². The van der Waals surface area contributed by atoms with Crippen LogP contribution in [0.4, 0.5) is 16.2 Å². The van der Waals surface area contributed by atoms with E-state index in [0.29, 0.717) is 28.4 Å². The van der Waals surface area contributed by atoms with E-state index in [1.807, 2.05) is 0 Å². The van der Waals surface area contributed by atoms with Gasteiger partial charge in [-0.25, -0.2) is 13.2 Å². The first kappa shape index (κ1) is 19.2. The van der Waals surface area contributed by atoms with Crippen LogP contribution in [0.3, 0.4) is 0 Å². The molecule has 0 radical (unpaired) electrons. The molecular weight excluding hydrogens is 390 g/mol. The molecule has 0 spiro atoms. The lowest BCUT2D eigenvalue weighted by molar-refractivity contribution is 0.102. The number of benzene rings is 2. The second kappa shape index (κ2) is 7.98. The number of halogens is 1. The van der Waals surface area contributed by atoms with Gasteiger partial charge in [-0.15, -0.1) is 0 Å². The zero-order valence-corrected chi connectivity index (χ0v) is 15.8. The van der Waals surface area contributed by atoms with E-state index in [1.165, 1.54) is 0 Å². The number of urea groups is 1. The van der Waals surface area contributed by atoms with Gasteiger partial charge in [-0.1, -0.05) is 11.6 Å². The fourth-order valence-electron chi connectivity index (χ4n) is 2.70. The molecule has 3 N–H and O–H groups in total. The van der Waals surface area contributed by atoms with E-state index >= 15 is 0 Å². The summed E-state index contributed by atoms with van der Waals surface area (Å²) < 4.78 is 22.8. The zero-order valence-electron chi connectivity index (χ0n) is 14.2. The van der Waals surface area contributed by atoms with Crippen LogP contribution in [0.15, 0.2) is 48.5 Å². The first-order valence-corrected chi connectivity index (χ1v) is 10.5. The molecule has 2 aromatic rings. The summed E-state index contributed by atoms with van der Waals surface area (Å²) in [7, 11) is -3.05. The molecule has 0 bridgehead atoms. The van der Waals surface area contributed by atoms with E-state index in [0.717, 1.165) is 0 Å². The molecule has 0 aliphatic carbocycles. The Morgan fingerprint density at radius 3 is 2.07 bits per heavy atom. The van der Waals surface area contributed by atoms with E-state index in [1.54, 1.807) is 48.5 Å². The van der Waals surface area contributed by atoms with Crippen molar-refractivity contribution in [3.05, 3.63) is 59.1 Å². The van der Waals surface area contributed by atoms with Gasteiger partial charge in [0.1, 0.15) is 0 Å².